The number of hydrogen-bond donors (Lipinski definition) is 2. The lowest BCUT2D eigenvalue weighted by Crippen LogP contribution is -1.99. The third-order valence-electron chi connectivity index (χ3n) is 4.71. The maximum absolute atomic E-state index is 10.7. The van der Waals surface area contributed by atoms with Gasteiger partial charge in [0.05, 0.1) is 5.69 Å². The number of rotatable bonds is 5. The molecule has 3 aromatic carbocycles. The Morgan fingerprint density at radius 3 is 2.40 bits per heavy atom. The first-order chi connectivity index (χ1) is 14.5. The normalized spacial score (nSPS) is 10.7. The summed E-state index contributed by atoms with van der Waals surface area (Å²) >= 11 is 3.44. The van der Waals surface area contributed by atoms with Crippen molar-refractivity contribution >= 4 is 21.9 Å². The minimum Gasteiger partial charge on any atom is -0.507 e. The molecule has 0 saturated heterocycles. The highest BCUT2D eigenvalue weighted by molar-refractivity contribution is 9.10. The number of anilines is 1. The minimum absolute atomic E-state index is 0.0628. The summed E-state index contributed by atoms with van der Waals surface area (Å²) in [6.07, 6.45) is 1.67. The molecule has 4 aromatic rings. The van der Waals surface area contributed by atoms with E-state index in [-0.39, 0.29) is 11.7 Å². The summed E-state index contributed by atoms with van der Waals surface area (Å²) in [6, 6.07) is 21.1. The molecule has 150 valence electrons. The second-order valence-electron chi connectivity index (χ2n) is 6.95. The van der Waals surface area contributed by atoms with Crippen LogP contribution in [0, 0.1) is 6.92 Å². The fourth-order valence-corrected chi connectivity index (χ4v) is 3.36. The lowest BCUT2D eigenvalue weighted by atomic mass is 10.00. The maximum Gasteiger partial charge on any atom is 0.220 e. The van der Waals surface area contributed by atoms with E-state index in [9.17, 15) is 5.11 Å². The highest BCUT2D eigenvalue weighted by atomic mass is 79.9. The van der Waals surface area contributed by atoms with E-state index in [1.165, 1.54) is 5.56 Å². The zero-order valence-corrected chi connectivity index (χ0v) is 17.9. The Hall–Kier alpha value is -3.38. The van der Waals surface area contributed by atoms with E-state index in [0.717, 1.165) is 21.2 Å². The van der Waals surface area contributed by atoms with Crippen molar-refractivity contribution in [2.75, 3.05) is 5.73 Å². The number of ether oxygens (including phenoxy) is 1. The first kappa shape index (κ1) is 19.9. The van der Waals surface area contributed by atoms with E-state index in [2.05, 4.69) is 25.9 Å². The minimum atomic E-state index is 0.0628. The SMILES string of the molecule is Cc1ccc(COc2ccc(-c3nc(N)ncc3-c3ccc(Br)cc3)c(O)c2)cc1. The van der Waals surface area contributed by atoms with Gasteiger partial charge in [0.15, 0.2) is 0 Å². The van der Waals surface area contributed by atoms with Crippen LogP contribution in [-0.4, -0.2) is 15.1 Å². The molecule has 30 heavy (non-hydrogen) atoms. The monoisotopic (exact) mass is 461 g/mol. The number of halogens is 1. The third-order valence-corrected chi connectivity index (χ3v) is 5.24. The van der Waals surface area contributed by atoms with Crippen molar-refractivity contribution in [2.24, 2.45) is 0 Å². The van der Waals surface area contributed by atoms with Crippen LogP contribution in [0.1, 0.15) is 11.1 Å². The first-order valence-corrected chi connectivity index (χ1v) is 10.2. The number of hydrogen-bond acceptors (Lipinski definition) is 5. The van der Waals surface area contributed by atoms with Crippen LogP contribution in [-0.2, 0) is 6.61 Å². The molecule has 1 aromatic heterocycles. The van der Waals surface area contributed by atoms with Gasteiger partial charge < -0.3 is 15.6 Å². The number of benzene rings is 3. The highest BCUT2D eigenvalue weighted by Gasteiger charge is 2.15. The lowest BCUT2D eigenvalue weighted by Gasteiger charge is -2.13. The van der Waals surface area contributed by atoms with E-state index >= 15 is 0 Å². The number of nitrogens with two attached hydrogens (primary N) is 1. The van der Waals surface area contributed by atoms with Crippen molar-refractivity contribution in [2.45, 2.75) is 13.5 Å². The predicted octanol–water partition coefficient (Wildman–Crippen LogP) is 5.75. The Labute approximate surface area is 183 Å². The first-order valence-electron chi connectivity index (χ1n) is 9.40. The molecule has 6 heteroatoms. The second-order valence-corrected chi connectivity index (χ2v) is 7.87. The zero-order chi connectivity index (χ0) is 21.1. The second kappa shape index (κ2) is 8.55. The molecule has 4 rings (SSSR count). The van der Waals surface area contributed by atoms with Crippen molar-refractivity contribution in [1.82, 2.24) is 9.97 Å². The van der Waals surface area contributed by atoms with Crippen molar-refractivity contribution in [1.29, 1.82) is 0 Å². The van der Waals surface area contributed by atoms with E-state index in [4.69, 9.17) is 10.5 Å². The topological polar surface area (TPSA) is 81.3 Å². The molecule has 0 fully saturated rings. The quantitative estimate of drug-likeness (QED) is 0.395. The van der Waals surface area contributed by atoms with Gasteiger partial charge in [0.2, 0.25) is 5.95 Å². The number of aromatic nitrogens is 2. The fraction of sp³-hybridized carbons (Fsp3) is 0.0833. The Morgan fingerprint density at radius 1 is 0.967 bits per heavy atom. The summed E-state index contributed by atoms with van der Waals surface area (Å²) in [7, 11) is 0. The Morgan fingerprint density at radius 2 is 1.70 bits per heavy atom. The van der Waals surface area contributed by atoms with Crippen LogP contribution in [0.3, 0.4) is 0 Å². The number of aromatic hydroxyl groups is 1. The van der Waals surface area contributed by atoms with Gasteiger partial charge in [0, 0.05) is 27.9 Å². The van der Waals surface area contributed by atoms with Crippen molar-refractivity contribution in [3.8, 4) is 33.9 Å². The molecule has 0 unspecified atom stereocenters. The van der Waals surface area contributed by atoms with Crippen LogP contribution in [0.25, 0.3) is 22.4 Å². The average molecular weight is 462 g/mol. The number of phenols is 1. The molecule has 0 aliphatic carbocycles. The van der Waals surface area contributed by atoms with Crippen LogP contribution in [0.15, 0.2) is 77.4 Å². The fourth-order valence-electron chi connectivity index (χ4n) is 3.09. The van der Waals surface area contributed by atoms with Gasteiger partial charge in [0.1, 0.15) is 18.1 Å². The van der Waals surface area contributed by atoms with Gasteiger partial charge in [-0.1, -0.05) is 57.9 Å². The standard InChI is InChI=1S/C24H20BrN3O2/c1-15-2-4-16(5-3-15)14-30-19-10-11-20(22(29)12-19)23-21(13-27-24(26)28-23)17-6-8-18(25)9-7-17/h2-13,29H,14H2,1H3,(H2,26,27,28). The molecule has 3 N–H and O–H groups in total. The zero-order valence-electron chi connectivity index (χ0n) is 16.3. The van der Waals surface area contributed by atoms with E-state index in [1.54, 1.807) is 18.3 Å². The summed E-state index contributed by atoms with van der Waals surface area (Å²) in [6.45, 7) is 2.47. The van der Waals surface area contributed by atoms with E-state index < -0.39 is 0 Å². The average Bonchev–Trinajstić information content (AvgIpc) is 2.74. The largest absolute Gasteiger partial charge is 0.507 e. The van der Waals surface area contributed by atoms with Crippen LogP contribution < -0.4 is 10.5 Å². The summed E-state index contributed by atoms with van der Waals surface area (Å²) in [5.74, 6) is 0.780. The summed E-state index contributed by atoms with van der Waals surface area (Å²) in [5, 5.41) is 10.7. The van der Waals surface area contributed by atoms with Crippen molar-refractivity contribution in [3.63, 3.8) is 0 Å². The number of aryl methyl sites for hydroxylation is 1. The van der Waals surface area contributed by atoms with E-state index in [0.29, 0.717) is 23.6 Å². The molecule has 5 nitrogen and oxygen atoms in total. The Kier molecular flexibility index (Phi) is 5.68. The van der Waals surface area contributed by atoms with Crippen LogP contribution in [0.2, 0.25) is 0 Å². The van der Waals surface area contributed by atoms with Crippen LogP contribution >= 0.6 is 15.9 Å². The van der Waals surface area contributed by atoms with Crippen LogP contribution in [0.5, 0.6) is 11.5 Å². The molecule has 0 aliphatic heterocycles. The summed E-state index contributed by atoms with van der Waals surface area (Å²) < 4.78 is 6.81. The Bertz CT molecular complexity index is 1180. The van der Waals surface area contributed by atoms with Gasteiger partial charge >= 0.3 is 0 Å². The third kappa shape index (κ3) is 4.44. The van der Waals surface area contributed by atoms with Gasteiger partial charge in [-0.2, -0.15) is 0 Å². The smallest absolute Gasteiger partial charge is 0.220 e. The van der Waals surface area contributed by atoms with Crippen molar-refractivity contribution in [3.05, 3.63) is 88.5 Å². The molecular weight excluding hydrogens is 442 g/mol. The van der Waals surface area contributed by atoms with Gasteiger partial charge in [-0.25, -0.2) is 9.97 Å². The Balaban J connectivity index is 1.63. The maximum atomic E-state index is 10.7. The lowest BCUT2D eigenvalue weighted by molar-refractivity contribution is 0.304. The van der Waals surface area contributed by atoms with E-state index in [1.807, 2.05) is 61.5 Å². The van der Waals surface area contributed by atoms with Gasteiger partial charge in [-0.05, 0) is 42.3 Å². The number of nitrogen functional groups attached to an aromatic ring is 1. The molecule has 1 heterocycles. The van der Waals surface area contributed by atoms with Gasteiger partial charge in [-0.3, -0.25) is 0 Å². The summed E-state index contributed by atoms with van der Waals surface area (Å²) in [5.41, 5.74) is 10.9. The molecule has 0 amide bonds. The number of nitrogens with zero attached hydrogens (tertiary/aromatic N) is 2. The molecule has 0 radical (unpaired) electrons. The number of phenolic OH excluding ortho intramolecular Hbond substituents is 1. The van der Waals surface area contributed by atoms with Gasteiger partial charge in [0.25, 0.3) is 0 Å². The highest BCUT2D eigenvalue weighted by Crippen LogP contribution is 2.37. The molecule has 0 bridgehead atoms. The molecule has 0 saturated carbocycles. The molecule has 0 atom stereocenters. The molecule has 0 aliphatic rings. The molecule has 0 spiro atoms. The predicted molar refractivity (Wildman–Crippen MR) is 122 cm³/mol. The van der Waals surface area contributed by atoms with Gasteiger partial charge in [-0.15, -0.1) is 0 Å². The molecular formula is C24H20BrN3O2. The van der Waals surface area contributed by atoms with Crippen LogP contribution in [0.4, 0.5) is 5.95 Å². The summed E-state index contributed by atoms with van der Waals surface area (Å²) in [4.78, 5) is 8.52. The van der Waals surface area contributed by atoms with Crippen molar-refractivity contribution < 1.29 is 9.84 Å².